The van der Waals surface area contributed by atoms with Crippen molar-refractivity contribution in [3.05, 3.63) is 63.4 Å². The smallest absolute Gasteiger partial charge is 0.250 e. The Morgan fingerprint density at radius 2 is 1.93 bits per heavy atom. The molecule has 1 saturated carbocycles. The van der Waals surface area contributed by atoms with E-state index in [1.807, 2.05) is 19.3 Å². The molecule has 5 rings (SSSR count). The van der Waals surface area contributed by atoms with Gasteiger partial charge in [0.05, 0.1) is 0 Å². The van der Waals surface area contributed by atoms with Gasteiger partial charge in [-0.1, -0.05) is 0 Å². The van der Waals surface area contributed by atoms with Crippen LogP contribution in [0, 0.1) is 0 Å². The maximum absolute atomic E-state index is 12.3. The quantitative estimate of drug-likeness (QED) is 0.601. The fourth-order valence-corrected chi connectivity index (χ4v) is 3.19. The summed E-state index contributed by atoms with van der Waals surface area (Å²) < 4.78 is 3.42. The van der Waals surface area contributed by atoms with Gasteiger partial charge in [0, 0.05) is 49.4 Å². The highest BCUT2D eigenvalue weighted by molar-refractivity contribution is 5.83. The molecule has 0 unspecified atom stereocenters. The first-order valence-corrected chi connectivity index (χ1v) is 8.72. The molecule has 1 aliphatic rings. The lowest BCUT2D eigenvalue weighted by Gasteiger charge is -2.10. The molecule has 27 heavy (non-hydrogen) atoms. The second-order valence-corrected chi connectivity index (χ2v) is 6.73. The fourth-order valence-electron chi connectivity index (χ4n) is 3.19. The van der Waals surface area contributed by atoms with Crippen molar-refractivity contribution in [2.24, 2.45) is 7.05 Å². The Kier molecular flexibility index (Phi) is 3.33. The number of fused-ring (bicyclic) bond motifs is 1. The number of hydrogen-bond donors (Lipinski definition) is 1. The molecule has 8 heteroatoms. The van der Waals surface area contributed by atoms with Gasteiger partial charge in [0.15, 0.2) is 11.2 Å². The van der Waals surface area contributed by atoms with Crippen LogP contribution in [0.5, 0.6) is 0 Å². The van der Waals surface area contributed by atoms with E-state index in [4.69, 9.17) is 0 Å². The van der Waals surface area contributed by atoms with E-state index in [9.17, 15) is 9.59 Å². The minimum atomic E-state index is -0.208. The van der Waals surface area contributed by atoms with Crippen LogP contribution in [0.4, 0.5) is 0 Å². The third-order valence-corrected chi connectivity index (χ3v) is 4.69. The van der Waals surface area contributed by atoms with E-state index in [-0.39, 0.29) is 22.5 Å². The van der Waals surface area contributed by atoms with Crippen molar-refractivity contribution < 1.29 is 0 Å². The first-order chi connectivity index (χ1) is 13.1. The van der Waals surface area contributed by atoms with Gasteiger partial charge in [0.1, 0.15) is 17.1 Å². The Hall–Kier alpha value is -3.55. The van der Waals surface area contributed by atoms with Gasteiger partial charge in [-0.3, -0.25) is 14.3 Å². The van der Waals surface area contributed by atoms with Crippen LogP contribution in [-0.4, -0.2) is 29.3 Å². The number of nitrogens with one attached hydrogen (secondary N) is 1. The zero-order valence-corrected chi connectivity index (χ0v) is 14.6. The number of aromatic amines is 1. The van der Waals surface area contributed by atoms with Crippen LogP contribution in [0.15, 0.2) is 52.4 Å². The maximum Gasteiger partial charge on any atom is 0.250 e. The SMILES string of the molecule is Cn1ccc(-c2nc3[nH]ccc(=O)c3nc2-c2ccc(=O)n(C3CC3)c2)n1. The second-order valence-electron chi connectivity index (χ2n) is 6.73. The van der Waals surface area contributed by atoms with E-state index in [0.29, 0.717) is 22.7 Å². The van der Waals surface area contributed by atoms with Crippen LogP contribution in [0.25, 0.3) is 33.8 Å². The molecule has 1 fully saturated rings. The first kappa shape index (κ1) is 15.7. The van der Waals surface area contributed by atoms with Gasteiger partial charge in [-0.05, 0) is 25.0 Å². The Balaban J connectivity index is 1.81. The summed E-state index contributed by atoms with van der Waals surface area (Å²) in [5.74, 6) is 0. The van der Waals surface area contributed by atoms with Gasteiger partial charge in [-0.2, -0.15) is 5.10 Å². The molecule has 8 nitrogen and oxygen atoms in total. The Labute approximate surface area is 153 Å². The molecule has 0 spiro atoms. The summed E-state index contributed by atoms with van der Waals surface area (Å²) in [6, 6.07) is 6.77. The van der Waals surface area contributed by atoms with Crippen LogP contribution in [0.2, 0.25) is 0 Å². The molecule has 1 N–H and O–H groups in total. The topological polar surface area (TPSA) is 98.5 Å². The van der Waals surface area contributed by atoms with Gasteiger partial charge < -0.3 is 9.55 Å². The molecule has 0 radical (unpaired) electrons. The Morgan fingerprint density at radius 1 is 1.07 bits per heavy atom. The highest BCUT2D eigenvalue weighted by Crippen LogP contribution is 2.35. The van der Waals surface area contributed by atoms with Crippen molar-refractivity contribution in [2.75, 3.05) is 0 Å². The van der Waals surface area contributed by atoms with E-state index in [1.54, 1.807) is 27.7 Å². The average molecular weight is 360 g/mol. The fraction of sp³-hybridized carbons (Fsp3) is 0.211. The van der Waals surface area contributed by atoms with Crippen LogP contribution in [0.3, 0.4) is 0 Å². The Bertz CT molecular complexity index is 1300. The highest BCUT2D eigenvalue weighted by atomic mass is 16.1. The minimum absolute atomic E-state index is 0.0350. The van der Waals surface area contributed by atoms with E-state index in [0.717, 1.165) is 18.4 Å². The highest BCUT2D eigenvalue weighted by Gasteiger charge is 2.25. The molecular weight excluding hydrogens is 344 g/mol. The molecular formula is C19H16N6O2. The third kappa shape index (κ3) is 2.66. The molecule has 0 saturated heterocycles. The van der Waals surface area contributed by atoms with Crippen LogP contribution < -0.4 is 11.0 Å². The van der Waals surface area contributed by atoms with Crippen molar-refractivity contribution in [3.8, 4) is 22.6 Å². The third-order valence-electron chi connectivity index (χ3n) is 4.69. The number of hydrogen-bond acceptors (Lipinski definition) is 5. The average Bonchev–Trinajstić information content (AvgIpc) is 3.42. The van der Waals surface area contributed by atoms with Crippen molar-refractivity contribution in [1.82, 2.24) is 29.3 Å². The van der Waals surface area contributed by atoms with Crippen molar-refractivity contribution in [3.63, 3.8) is 0 Å². The lowest BCUT2D eigenvalue weighted by atomic mass is 10.1. The first-order valence-electron chi connectivity index (χ1n) is 8.72. The van der Waals surface area contributed by atoms with Gasteiger partial charge >= 0.3 is 0 Å². The monoisotopic (exact) mass is 360 g/mol. The molecule has 4 aromatic heterocycles. The molecule has 0 amide bonds. The predicted molar refractivity (Wildman–Crippen MR) is 100 cm³/mol. The summed E-state index contributed by atoms with van der Waals surface area (Å²) in [6.07, 6.45) is 7.18. The molecule has 0 aliphatic heterocycles. The van der Waals surface area contributed by atoms with E-state index >= 15 is 0 Å². The maximum atomic E-state index is 12.3. The zero-order valence-electron chi connectivity index (χ0n) is 14.6. The second kappa shape index (κ2) is 5.73. The molecule has 0 bridgehead atoms. The zero-order chi connectivity index (χ0) is 18.5. The number of nitrogens with zero attached hydrogens (tertiary/aromatic N) is 5. The summed E-state index contributed by atoms with van der Waals surface area (Å²) in [7, 11) is 1.83. The van der Waals surface area contributed by atoms with Crippen LogP contribution >= 0.6 is 0 Å². The summed E-state index contributed by atoms with van der Waals surface area (Å²) in [6.45, 7) is 0. The lowest BCUT2D eigenvalue weighted by Crippen LogP contribution is -2.17. The normalized spacial score (nSPS) is 14.0. The van der Waals surface area contributed by atoms with Gasteiger partial charge in [-0.25, -0.2) is 9.97 Å². The molecule has 134 valence electrons. The molecule has 4 aromatic rings. The van der Waals surface area contributed by atoms with E-state index in [1.165, 1.54) is 12.1 Å². The van der Waals surface area contributed by atoms with Crippen molar-refractivity contribution in [2.45, 2.75) is 18.9 Å². The summed E-state index contributed by atoms with van der Waals surface area (Å²) in [5.41, 5.74) is 2.90. The summed E-state index contributed by atoms with van der Waals surface area (Å²) in [5, 5.41) is 4.44. The van der Waals surface area contributed by atoms with Gasteiger partial charge in [-0.15, -0.1) is 0 Å². The predicted octanol–water partition coefficient (Wildman–Crippen LogP) is 1.88. The molecule has 1 aliphatic carbocycles. The minimum Gasteiger partial charge on any atom is -0.345 e. The van der Waals surface area contributed by atoms with Crippen LogP contribution in [0.1, 0.15) is 18.9 Å². The number of H-pyrrole nitrogens is 1. The molecule has 0 atom stereocenters. The number of pyridine rings is 2. The largest absolute Gasteiger partial charge is 0.345 e. The van der Waals surface area contributed by atoms with Gasteiger partial charge in [0.25, 0.3) is 5.56 Å². The summed E-state index contributed by atoms with van der Waals surface area (Å²) >= 11 is 0. The summed E-state index contributed by atoms with van der Waals surface area (Å²) in [4.78, 5) is 36.6. The van der Waals surface area contributed by atoms with Crippen LogP contribution in [-0.2, 0) is 7.05 Å². The van der Waals surface area contributed by atoms with Crippen molar-refractivity contribution in [1.29, 1.82) is 0 Å². The molecule has 0 aromatic carbocycles. The van der Waals surface area contributed by atoms with E-state index in [2.05, 4.69) is 20.1 Å². The van der Waals surface area contributed by atoms with Gasteiger partial charge in [0.2, 0.25) is 5.43 Å². The van der Waals surface area contributed by atoms with Crippen molar-refractivity contribution >= 4 is 11.2 Å². The Morgan fingerprint density at radius 3 is 2.67 bits per heavy atom. The lowest BCUT2D eigenvalue weighted by molar-refractivity contribution is 0.708. The number of aryl methyl sites for hydroxylation is 1. The number of rotatable bonds is 3. The molecule has 4 heterocycles. The standard InChI is InChI=1S/C19H16N6O2/c1-24-9-7-13(23-24)17-16(21-18-14(26)6-8-20-19(18)22-17)11-2-5-15(27)25(10-11)12-3-4-12/h2,5-10,12H,3-4H2,1H3,(H,20,22,26). The number of aromatic nitrogens is 6. The van der Waals surface area contributed by atoms with E-state index < -0.39 is 0 Å².